The minimum absolute atomic E-state index is 0.0359. The summed E-state index contributed by atoms with van der Waals surface area (Å²) in [5, 5.41) is 31.4. The highest BCUT2D eigenvalue weighted by molar-refractivity contribution is 6.43. The van der Waals surface area contributed by atoms with Gasteiger partial charge in [-0.2, -0.15) is 0 Å². The van der Waals surface area contributed by atoms with E-state index in [1.165, 1.54) is 24.3 Å². The van der Waals surface area contributed by atoms with Crippen LogP contribution >= 0.6 is 46.4 Å². The molecule has 3 aromatic carbocycles. The maximum atomic E-state index is 12.2. The Kier molecular flexibility index (Phi) is 7.27. The number of H-pyrrole nitrogens is 1. The summed E-state index contributed by atoms with van der Waals surface area (Å²) < 4.78 is 0. The summed E-state index contributed by atoms with van der Waals surface area (Å²) in [6.07, 6.45) is 0. The van der Waals surface area contributed by atoms with Crippen molar-refractivity contribution in [1.29, 1.82) is 0 Å². The molecule has 4 rings (SSSR count). The highest BCUT2D eigenvalue weighted by atomic mass is 35.5. The molecule has 176 valence electrons. The molecule has 0 saturated heterocycles. The molecule has 1 heterocycles. The monoisotopic (exact) mass is 543 g/mol. The van der Waals surface area contributed by atoms with Gasteiger partial charge in [-0.05, 0) is 30.3 Å². The van der Waals surface area contributed by atoms with Crippen LogP contribution in [0.15, 0.2) is 41.2 Å². The summed E-state index contributed by atoms with van der Waals surface area (Å²) in [7, 11) is 0. The second-order valence-corrected chi connectivity index (χ2v) is 8.34. The maximum absolute atomic E-state index is 12.2. The van der Waals surface area contributed by atoms with Crippen molar-refractivity contribution in [2.75, 3.05) is 11.5 Å². The van der Waals surface area contributed by atoms with Crippen LogP contribution in [0.5, 0.6) is 11.5 Å². The molecule has 0 aliphatic rings. The molecular weight excluding hydrogens is 532 g/mol. The van der Waals surface area contributed by atoms with Crippen LogP contribution in [0.4, 0.5) is 17.1 Å². The van der Waals surface area contributed by atoms with Gasteiger partial charge in [-0.3, -0.25) is 14.9 Å². The number of aromatic amines is 1. The third-order valence-corrected chi connectivity index (χ3v) is 5.84. The zero-order valence-corrected chi connectivity index (χ0v) is 19.7. The molecule has 7 N–H and O–H groups in total. The number of phenolic OH excluding ortho intramolecular Hbond substituents is 2. The predicted molar refractivity (Wildman–Crippen MR) is 133 cm³/mol. The van der Waals surface area contributed by atoms with E-state index in [0.29, 0.717) is 32.5 Å². The molecular formula is C20H13Cl4N5O5. The fraction of sp³-hybridized carbons (Fsp3) is 0. The van der Waals surface area contributed by atoms with E-state index in [2.05, 4.69) is 9.97 Å². The summed E-state index contributed by atoms with van der Waals surface area (Å²) >= 11 is 23.0. The number of anilines is 2. The molecule has 34 heavy (non-hydrogen) atoms. The number of hydrogen-bond donors (Lipinski definition) is 5. The second-order valence-electron chi connectivity index (χ2n) is 6.71. The SMILES string of the molecule is Nc1cc(Cl)c(Cl)cc1N.O=c1[nH]c2cc(Cl)c(Cl)cc2nc1-c1cc(O)c(O)c([N+](=O)[O-])c1. The number of nitrogens with one attached hydrogen (secondary N) is 1. The van der Waals surface area contributed by atoms with Crippen LogP contribution in [0.1, 0.15) is 0 Å². The number of halogens is 4. The zero-order chi connectivity index (χ0) is 25.3. The van der Waals surface area contributed by atoms with Gasteiger partial charge in [0.1, 0.15) is 5.69 Å². The van der Waals surface area contributed by atoms with Gasteiger partial charge in [0.25, 0.3) is 5.56 Å². The van der Waals surface area contributed by atoms with Crippen LogP contribution in [-0.2, 0) is 0 Å². The van der Waals surface area contributed by atoms with Crippen molar-refractivity contribution < 1.29 is 15.1 Å². The van der Waals surface area contributed by atoms with Crippen LogP contribution in [0.3, 0.4) is 0 Å². The molecule has 0 saturated carbocycles. The number of hydrogen-bond acceptors (Lipinski definition) is 8. The standard InChI is InChI=1S/C14H7Cl2N3O5.C6H6Cl2N2/c15-6-3-8-9(4-7(6)16)18-14(22)12(17-8)5-1-10(19(23)24)13(21)11(20)2-5;7-3-1-5(9)6(10)2-4(3)8/h1-4,20-21H,(H,18,22);1-2H,9-10H2. The van der Waals surface area contributed by atoms with Gasteiger partial charge >= 0.3 is 5.69 Å². The van der Waals surface area contributed by atoms with E-state index < -0.39 is 27.7 Å². The average Bonchev–Trinajstić information content (AvgIpc) is 2.75. The lowest BCUT2D eigenvalue weighted by atomic mass is 10.1. The third-order valence-electron chi connectivity index (χ3n) is 4.40. The number of nitro groups is 1. The molecule has 0 fully saturated rings. The fourth-order valence-corrected chi connectivity index (χ4v) is 3.40. The Labute approximate surface area is 210 Å². The van der Waals surface area contributed by atoms with Crippen LogP contribution in [0.25, 0.3) is 22.3 Å². The zero-order valence-electron chi connectivity index (χ0n) is 16.6. The molecule has 0 atom stereocenters. The van der Waals surface area contributed by atoms with Crippen LogP contribution in [-0.4, -0.2) is 25.1 Å². The molecule has 0 aliphatic heterocycles. The van der Waals surface area contributed by atoms with Gasteiger partial charge in [0, 0.05) is 11.6 Å². The Hall–Kier alpha value is -3.44. The molecule has 0 unspecified atom stereocenters. The average molecular weight is 545 g/mol. The fourth-order valence-electron chi connectivity index (χ4n) is 2.74. The number of fused-ring (bicyclic) bond motifs is 1. The van der Waals surface area contributed by atoms with Crippen molar-refractivity contribution >= 4 is 74.5 Å². The molecule has 1 aromatic heterocycles. The van der Waals surface area contributed by atoms with Crippen molar-refractivity contribution in [1.82, 2.24) is 9.97 Å². The first-order chi connectivity index (χ1) is 15.9. The van der Waals surface area contributed by atoms with Crippen molar-refractivity contribution in [2.45, 2.75) is 0 Å². The molecule has 4 aromatic rings. The topological polar surface area (TPSA) is 181 Å². The highest BCUT2D eigenvalue weighted by Gasteiger charge is 2.21. The smallest absolute Gasteiger partial charge is 0.315 e. The molecule has 0 bridgehead atoms. The van der Waals surface area contributed by atoms with Gasteiger partial charge in [0.05, 0.1) is 47.4 Å². The van der Waals surface area contributed by atoms with Crippen molar-refractivity contribution in [3.63, 3.8) is 0 Å². The van der Waals surface area contributed by atoms with Crippen LogP contribution in [0, 0.1) is 10.1 Å². The van der Waals surface area contributed by atoms with E-state index in [-0.39, 0.29) is 21.3 Å². The molecule has 0 aliphatic carbocycles. The Morgan fingerprint density at radius 2 is 1.41 bits per heavy atom. The molecule has 14 heteroatoms. The van der Waals surface area contributed by atoms with E-state index in [1.807, 2.05) is 0 Å². The highest BCUT2D eigenvalue weighted by Crippen LogP contribution is 2.38. The Morgan fingerprint density at radius 3 is 1.97 bits per heavy atom. The quantitative estimate of drug-likeness (QED) is 0.0964. The molecule has 0 amide bonds. The number of nitrogen functional groups attached to an aromatic ring is 2. The van der Waals surface area contributed by atoms with Gasteiger partial charge in [-0.1, -0.05) is 46.4 Å². The number of rotatable bonds is 2. The molecule has 0 radical (unpaired) electrons. The lowest BCUT2D eigenvalue weighted by Crippen LogP contribution is -2.11. The summed E-state index contributed by atoms with van der Waals surface area (Å²) in [5.74, 6) is -1.63. The Morgan fingerprint density at radius 1 is 0.882 bits per heavy atom. The van der Waals surface area contributed by atoms with Gasteiger partial charge in [-0.15, -0.1) is 0 Å². The Bertz CT molecular complexity index is 1460. The number of aromatic nitrogens is 2. The van der Waals surface area contributed by atoms with Crippen molar-refractivity contribution in [3.05, 3.63) is 77.0 Å². The van der Waals surface area contributed by atoms with Gasteiger partial charge in [0.15, 0.2) is 5.75 Å². The maximum Gasteiger partial charge on any atom is 0.315 e. The second kappa shape index (κ2) is 9.82. The summed E-state index contributed by atoms with van der Waals surface area (Å²) in [6.45, 7) is 0. The minimum atomic E-state index is -0.893. The van der Waals surface area contributed by atoms with E-state index in [9.17, 15) is 25.1 Å². The number of nitro benzene ring substituents is 1. The Balaban J connectivity index is 0.000000271. The molecule has 10 nitrogen and oxygen atoms in total. The third kappa shape index (κ3) is 5.20. The van der Waals surface area contributed by atoms with Gasteiger partial charge in [-0.25, -0.2) is 4.98 Å². The summed E-state index contributed by atoms with van der Waals surface area (Å²) in [6, 6.07) is 7.85. The van der Waals surface area contributed by atoms with Crippen LogP contribution < -0.4 is 17.0 Å². The number of aromatic hydroxyl groups is 2. The number of phenols is 2. The lowest BCUT2D eigenvalue weighted by Gasteiger charge is -2.06. The molecule has 0 spiro atoms. The van der Waals surface area contributed by atoms with Gasteiger partial charge in [0.2, 0.25) is 5.75 Å². The predicted octanol–water partition coefficient (Wildman–Crippen LogP) is 5.37. The minimum Gasteiger partial charge on any atom is -0.504 e. The van der Waals surface area contributed by atoms with E-state index in [1.54, 1.807) is 0 Å². The largest absolute Gasteiger partial charge is 0.504 e. The number of nitrogens with two attached hydrogens (primary N) is 2. The van der Waals surface area contributed by atoms with E-state index in [0.717, 1.165) is 12.1 Å². The van der Waals surface area contributed by atoms with Gasteiger partial charge < -0.3 is 26.7 Å². The first-order valence-electron chi connectivity index (χ1n) is 8.98. The lowest BCUT2D eigenvalue weighted by molar-refractivity contribution is -0.385. The first-order valence-corrected chi connectivity index (χ1v) is 10.5. The number of benzene rings is 3. The summed E-state index contributed by atoms with van der Waals surface area (Å²) in [5.41, 5.74) is 10.8. The van der Waals surface area contributed by atoms with E-state index in [4.69, 9.17) is 57.9 Å². The van der Waals surface area contributed by atoms with Crippen molar-refractivity contribution in [2.24, 2.45) is 0 Å². The van der Waals surface area contributed by atoms with E-state index >= 15 is 0 Å². The normalized spacial score (nSPS) is 10.6. The summed E-state index contributed by atoms with van der Waals surface area (Å²) in [4.78, 5) is 28.9. The van der Waals surface area contributed by atoms with Crippen LogP contribution in [0.2, 0.25) is 20.1 Å². The van der Waals surface area contributed by atoms with Crippen molar-refractivity contribution in [3.8, 4) is 22.8 Å². The number of nitrogens with zero attached hydrogens (tertiary/aromatic N) is 2. The first kappa shape index (κ1) is 25.2.